The zero-order chi connectivity index (χ0) is 25.5. The van der Waals surface area contributed by atoms with Crippen molar-refractivity contribution in [2.75, 3.05) is 0 Å². The van der Waals surface area contributed by atoms with Crippen LogP contribution in [-0.4, -0.2) is 71.5 Å². The van der Waals surface area contributed by atoms with Gasteiger partial charge in [-0.05, 0) is 101 Å². The van der Waals surface area contributed by atoms with Gasteiger partial charge in [-0.25, -0.2) is 0 Å². The second-order valence-electron chi connectivity index (χ2n) is 13.2. The molecule has 6 N–H and O–H groups in total. The molecule has 0 aromatic heterocycles. The summed E-state index contributed by atoms with van der Waals surface area (Å²) >= 11 is 0. The summed E-state index contributed by atoms with van der Waals surface area (Å²) in [6, 6.07) is 0. The Kier molecular flexibility index (Phi) is 6.24. The van der Waals surface area contributed by atoms with E-state index in [1.54, 1.807) is 26.8 Å². The highest BCUT2D eigenvalue weighted by Gasteiger charge is 2.69. The third kappa shape index (κ3) is 3.73. The summed E-state index contributed by atoms with van der Waals surface area (Å²) in [5.41, 5.74) is -4.27. The Balaban J connectivity index is 1.66. The van der Waals surface area contributed by atoms with Gasteiger partial charge in [-0.15, -0.1) is 0 Å². The quantitative estimate of drug-likeness (QED) is 0.353. The first-order valence-corrected chi connectivity index (χ1v) is 12.9. The molecule has 194 valence electrons. The van der Waals surface area contributed by atoms with Crippen LogP contribution in [0.4, 0.5) is 0 Å². The Hall–Kier alpha value is -0.830. The van der Waals surface area contributed by atoms with E-state index in [9.17, 15) is 35.4 Å². The molecule has 10 atom stereocenters. The van der Waals surface area contributed by atoms with Crippen LogP contribution in [-0.2, 0) is 4.79 Å². The van der Waals surface area contributed by atoms with E-state index in [1.165, 1.54) is 0 Å². The van der Waals surface area contributed by atoms with Crippen LogP contribution in [0.2, 0.25) is 0 Å². The molecule has 0 amide bonds. The summed E-state index contributed by atoms with van der Waals surface area (Å²) in [7, 11) is 0. The lowest BCUT2D eigenvalue weighted by Crippen LogP contribution is -2.62. The molecule has 3 saturated carbocycles. The van der Waals surface area contributed by atoms with Crippen LogP contribution in [0.1, 0.15) is 86.0 Å². The van der Waals surface area contributed by atoms with E-state index in [1.807, 2.05) is 13.8 Å². The number of fused-ring (bicyclic) bond motifs is 5. The maximum atomic E-state index is 13.2. The highest BCUT2D eigenvalue weighted by molar-refractivity contribution is 5.95. The first-order chi connectivity index (χ1) is 15.5. The molecule has 0 aliphatic heterocycles. The molecule has 0 spiro atoms. The van der Waals surface area contributed by atoms with Crippen molar-refractivity contribution in [1.29, 1.82) is 0 Å². The molecule has 0 radical (unpaired) electrons. The van der Waals surface area contributed by atoms with Crippen molar-refractivity contribution in [3.63, 3.8) is 0 Å². The van der Waals surface area contributed by atoms with Crippen molar-refractivity contribution in [3.8, 4) is 0 Å². The number of carbonyl (C=O) groups excluding carboxylic acids is 1. The summed E-state index contributed by atoms with van der Waals surface area (Å²) in [6.45, 7) is 8.96. The molecule has 7 heteroatoms. The fourth-order valence-corrected chi connectivity index (χ4v) is 8.32. The molecule has 0 saturated heterocycles. The van der Waals surface area contributed by atoms with E-state index < -0.39 is 45.9 Å². The second kappa shape index (κ2) is 8.09. The Bertz CT molecular complexity index is 860. The molecule has 4 rings (SSSR count). The molecule has 0 unspecified atom stereocenters. The highest BCUT2D eigenvalue weighted by atomic mass is 16.3. The van der Waals surface area contributed by atoms with Crippen LogP contribution < -0.4 is 0 Å². The van der Waals surface area contributed by atoms with E-state index in [0.717, 1.165) is 0 Å². The normalized spacial score (nSPS) is 47.2. The molecular formula is C27H44O7. The third-order valence-electron chi connectivity index (χ3n) is 10.5. The Morgan fingerprint density at radius 1 is 1.06 bits per heavy atom. The summed E-state index contributed by atoms with van der Waals surface area (Å²) in [4.78, 5) is 13.2. The number of hydrogen-bond donors (Lipinski definition) is 6. The van der Waals surface area contributed by atoms with Crippen LogP contribution in [0.5, 0.6) is 0 Å². The van der Waals surface area contributed by atoms with Crippen LogP contribution in [0.15, 0.2) is 11.6 Å². The molecule has 7 nitrogen and oxygen atoms in total. The van der Waals surface area contributed by atoms with Gasteiger partial charge in [0.25, 0.3) is 0 Å². The van der Waals surface area contributed by atoms with E-state index >= 15 is 0 Å². The lowest BCUT2D eigenvalue weighted by molar-refractivity contribution is -0.177. The maximum Gasteiger partial charge on any atom is 0.159 e. The molecule has 34 heavy (non-hydrogen) atoms. The zero-order valence-electron chi connectivity index (χ0n) is 21.3. The number of aliphatic hydroxyl groups excluding tert-OH is 3. The van der Waals surface area contributed by atoms with Crippen molar-refractivity contribution < 1.29 is 35.4 Å². The average Bonchev–Trinajstić information content (AvgIpc) is 3.00. The minimum absolute atomic E-state index is 0.0840. The smallest absolute Gasteiger partial charge is 0.159 e. The maximum absolute atomic E-state index is 13.2. The van der Waals surface area contributed by atoms with Crippen molar-refractivity contribution in [1.82, 2.24) is 0 Å². The molecule has 4 aliphatic rings. The number of carbonyl (C=O) groups is 1. The van der Waals surface area contributed by atoms with Gasteiger partial charge in [-0.3, -0.25) is 4.79 Å². The minimum Gasteiger partial charge on any atom is -0.390 e. The lowest BCUT2D eigenvalue weighted by atomic mass is 9.45. The summed E-state index contributed by atoms with van der Waals surface area (Å²) in [5.74, 6) is -0.948. The van der Waals surface area contributed by atoms with Crippen molar-refractivity contribution in [2.45, 2.75) is 121 Å². The first-order valence-electron chi connectivity index (χ1n) is 12.9. The second-order valence-corrected chi connectivity index (χ2v) is 13.2. The zero-order valence-corrected chi connectivity index (χ0v) is 21.3. The average molecular weight is 481 g/mol. The third-order valence-corrected chi connectivity index (χ3v) is 10.5. The number of aliphatic hydroxyl groups is 6. The van der Waals surface area contributed by atoms with Gasteiger partial charge in [-0.2, -0.15) is 0 Å². The number of rotatable bonds is 5. The van der Waals surface area contributed by atoms with E-state index in [4.69, 9.17) is 0 Å². The fourth-order valence-electron chi connectivity index (χ4n) is 8.32. The van der Waals surface area contributed by atoms with Gasteiger partial charge in [0.2, 0.25) is 0 Å². The van der Waals surface area contributed by atoms with Crippen LogP contribution >= 0.6 is 0 Å². The largest absolute Gasteiger partial charge is 0.390 e. The van der Waals surface area contributed by atoms with Crippen molar-refractivity contribution >= 4 is 5.78 Å². The monoisotopic (exact) mass is 480 g/mol. The lowest BCUT2D eigenvalue weighted by Gasteiger charge is -2.60. The number of allylic oxidation sites excluding steroid dienone is 1. The van der Waals surface area contributed by atoms with Crippen LogP contribution in [0, 0.1) is 28.6 Å². The molecule has 0 heterocycles. The van der Waals surface area contributed by atoms with Crippen LogP contribution in [0.3, 0.4) is 0 Å². The van der Waals surface area contributed by atoms with Gasteiger partial charge in [0.15, 0.2) is 5.78 Å². The predicted octanol–water partition coefficient (Wildman–Crippen LogP) is 1.85. The molecule has 0 aromatic carbocycles. The summed E-state index contributed by atoms with van der Waals surface area (Å²) < 4.78 is 0. The Morgan fingerprint density at radius 2 is 1.71 bits per heavy atom. The van der Waals surface area contributed by atoms with Crippen LogP contribution in [0.25, 0.3) is 0 Å². The molecule has 4 aliphatic carbocycles. The Morgan fingerprint density at radius 3 is 2.32 bits per heavy atom. The van der Waals surface area contributed by atoms with Gasteiger partial charge in [-0.1, -0.05) is 13.8 Å². The van der Waals surface area contributed by atoms with Gasteiger partial charge < -0.3 is 30.6 Å². The van der Waals surface area contributed by atoms with Gasteiger partial charge in [0, 0.05) is 11.3 Å². The number of hydrogen-bond acceptors (Lipinski definition) is 7. The van der Waals surface area contributed by atoms with Gasteiger partial charge >= 0.3 is 0 Å². The van der Waals surface area contributed by atoms with Gasteiger partial charge in [0.1, 0.15) is 0 Å². The van der Waals surface area contributed by atoms with Gasteiger partial charge in [0.05, 0.1) is 35.1 Å². The van der Waals surface area contributed by atoms with E-state index in [-0.39, 0.29) is 36.4 Å². The summed E-state index contributed by atoms with van der Waals surface area (Å²) in [5, 5.41) is 65.5. The summed E-state index contributed by atoms with van der Waals surface area (Å²) in [6.07, 6.45) is 2.11. The SMILES string of the molecule is CC(C)(O)CC[C@H](O)[C@@](C)(O)[C@H]1CC[C@@]2(O)C3=CC(=O)[C@H]4C[C@H](O)[C@H](O)C[C@]4(C)[C@H]3CC[C@]12C. The Labute approximate surface area is 202 Å². The molecular weight excluding hydrogens is 436 g/mol. The molecule has 3 fully saturated rings. The minimum atomic E-state index is -1.46. The molecule has 0 aromatic rings. The van der Waals surface area contributed by atoms with Crippen molar-refractivity contribution in [3.05, 3.63) is 11.6 Å². The first kappa shape index (κ1) is 26.2. The molecule has 0 bridgehead atoms. The van der Waals surface area contributed by atoms with E-state index in [0.29, 0.717) is 44.1 Å². The predicted molar refractivity (Wildman–Crippen MR) is 127 cm³/mol. The highest BCUT2D eigenvalue weighted by Crippen LogP contribution is 2.68. The fraction of sp³-hybridized carbons (Fsp3) is 0.889. The van der Waals surface area contributed by atoms with Crippen molar-refractivity contribution in [2.24, 2.45) is 28.6 Å². The standard InChI is InChI=1S/C27H44O7/c1-23(2,32)9-8-22(31)26(5,33)21-7-11-27(34)16-12-18(28)17-13-19(29)20(30)14-24(17,3)15(16)6-10-25(21,27)4/h12,15,17,19-22,29-34H,6-11,13-14H2,1-5H3/t15-,17+,19-,20+,21-,22-,24+,25+,26-,27+/m0/s1. The van der Waals surface area contributed by atoms with E-state index in [2.05, 4.69) is 0 Å². The number of ketones is 1. The topological polar surface area (TPSA) is 138 Å².